The Morgan fingerprint density at radius 3 is 2.53 bits per heavy atom. The normalized spacial score (nSPS) is 35.1. The van der Waals surface area contributed by atoms with Gasteiger partial charge in [-0.15, -0.1) is 0 Å². The van der Waals surface area contributed by atoms with Gasteiger partial charge in [0, 0.05) is 19.6 Å². The van der Waals surface area contributed by atoms with Gasteiger partial charge in [0.2, 0.25) is 0 Å². The Hall–Kier alpha value is 0.803. The van der Waals surface area contributed by atoms with Gasteiger partial charge in [-0.3, -0.25) is 0 Å². The molecule has 3 heteroatoms. The van der Waals surface area contributed by atoms with Crippen LogP contribution in [0.25, 0.3) is 0 Å². The summed E-state index contributed by atoms with van der Waals surface area (Å²) in [6.45, 7) is 5.98. The molecule has 0 unspecified atom stereocenters. The molecule has 0 aromatic rings. The van der Waals surface area contributed by atoms with Crippen molar-refractivity contribution in [2.24, 2.45) is 23.2 Å². The van der Waals surface area contributed by atoms with E-state index in [-0.39, 0.29) is 31.6 Å². The first-order valence-corrected chi connectivity index (χ1v) is 6.38. The number of fused-ring (bicyclic) bond motifs is 1. The Labute approximate surface area is 125 Å². The quantitative estimate of drug-likeness (QED) is 0.743. The van der Waals surface area contributed by atoms with Crippen LogP contribution >= 0.6 is 0 Å². The number of rotatable bonds is 4. The van der Waals surface area contributed by atoms with Crippen molar-refractivity contribution >= 4 is 0 Å². The molecule has 2 aliphatic rings. The minimum atomic E-state index is 0. The molecule has 0 heterocycles. The summed E-state index contributed by atoms with van der Waals surface area (Å²) in [5.74, 6) is 1.97. The van der Waals surface area contributed by atoms with E-state index in [9.17, 15) is 0 Å². The Balaban J connectivity index is 0.00000144. The van der Waals surface area contributed by atoms with Crippen molar-refractivity contribution in [1.29, 1.82) is 0 Å². The molecule has 0 aromatic carbocycles. The van der Waals surface area contributed by atoms with Gasteiger partial charge in [-0.2, -0.15) is 18.3 Å². The molecule has 0 aromatic heterocycles. The van der Waals surface area contributed by atoms with Crippen molar-refractivity contribution in [3.05, 3.63) is 13.3 Å². The summed E-state index contributed by atoms with van der Waals surface area (Å²) >= 11 is 0. The molecule has 2 fully saturated rings. The van der Waals surface area contributed by atoms with Crippen molar-refractivity contribution in [3.8, 4) is 0 Å². The van der Waals surface area contributed by atoms with Crippen molar-refractivity contribution in [1.82, 2.24) is 0 Å². The van der Waals surface area contributed by atoms with Crippen LogP contribution in [0.1, 0.15) is 25.7 Å². The Kier molecular flexibility index (Phi) is 6.36. The van der Waals surface area contributed by atoms with Crippen LogP contribution in [0.15, 0.2) is 0 Å². The second kappa shape index (κ2) is 6.82. The van der Waals surface area contributed by atoms with E-state index in [1.165, 1.54) is 19.3 Å². The van der Waals surface area contributed by atoms with Crippen LogP contribution in [0.4, 0.5) is 0 Å². The molecule has 2 nitrogen and oxygen atoms in total. The predicted octanol–water partition coefficient (Wildman–Crippen LogP) is 2.74. The summed E-state index contributed by atoms with van der Waals surface area (Å²) in [4.78, 5) is 0. The van der Waals surface area contributed by atoms with Crippen molar-refractivity contribution in [2.45, 2.75) is 25.7 Å². The summed E-state index contributed by atoms with van der Waals surface area (Å²) in [5, 5.41) is 0. The van der Waals surface area contributed by atoms with E-state index >= 15 is 0 Å². The van der Waals surface area contributed by atoms with Gasteiger partial charge in [-0.1, -0.05) is 25.2 Å². The van der Waals surface area contributed by atoms with Gasteiger partial charge in [-0.05, 0) is 0 Å². The van der Waals surface area contributed by atoms with E-state index in [2.05, 4.69) is 13.3 Å². The van der Waals surface area contributed by atoms with Crippen LogP contribution in [-0.2, 0) is 35.7 Å². The smallest absolute Gasteiger partial charge is 0.384 e. The van der Waals surface area contributed by atoms with Crippen LogP contribution in [0.3, 0.4) is 0 Å². The maximum atomic E-state index is 5.46. The monoisotopic (exact) mass is 314 g/mol. The Morgan fingerprint density at radius 2 is 1.94 bits per heavy atom. The summed E-state index contributed by atoms with van der Waals surface area (Å²) in [6, 6.07) is 0. The van der Waals surface area contributed by atoms with Gasteiger partial charge < -0.3 is 22.8 Å². The van der Waals surface area contributed by atoms with Crippen LogP contribution in [-0.4, -0.2) is 27.4 Å². The second-order valence-corrected chi connectivity index (χ2v) is 5.54. The second-order valence-electron chi connectivity index (χ2n) is 5.54. The third-order valence-corrected chi connectivity index (χ3v) is 4.49. The Bertz CT molecular complexity index is 226. The topological polar surface area (TPSA) is 18.5 Å². The SMILES string of the molecule is [CH2-][C@@H]1CC(COC)(COC)[C@H]2CCC[CH-][C@H]12.[Zr+2]. The number of hydrogen-bond acceptors (Lipinski definition) is 2. The molecule has 3 atom stereocenters. The van der Waals surface area contributed by atoms with Crippen LogP contribution in [0, 0.1) is 36.5 Å². The van der Waals surface area contributed by atoms with Crippen LogP contribution in [0.5, 0.6) is 0 Å². The van der Waals surface area contributed by atoms with Gasteiger partial charge >= 0.3 is 26.2 Å². The standard InChI is InChI=1S/C14H24O2.Zr/c1-11-8-14(9-15-2,10-16-3)13-7-5-4-6-12(11)13;/h6,11-13H,1,4-5,7-10H2,2-3H3;/q-2;+2/t11-,12-,13+;/m1./s1. The molecule has 0 amide bonds. The van der Waals surface area contributed by atoms with Gasteiger partial charge in [0.1, 0.15) is 0 Å². The molecule has 2 aliphatic carbocycles. The van der Waals surface area contributed by atoms with Crippen LogP contribution in [0.2, 0.25) is 0 Å². The molecule has 96 valence electrons. The Morgan fingerprint density at radius 1 is 1.29 bits per heavy atom. The zero-order valence-electron chi connectivity index (χ0n) is 11.1. The molecule has 0 aliphatic heterocycles. The van der Waals surface area contributed by atoms with Crippen LogP contribution < -0.4 is 0 Å². The number of hydrogen-bond donors (Lipinski definition) is 0. The third-order valence-electron chi connectivity index (χ3n) is 4.49. The molecular weight excluding hydrogens is 291 g/mol. The van der Waals surface area contributed by atoms with E-state index in [1.807, 2.05) is 0 Å². The molecule has 0 bridgehead atoms. The largest absolute Gasteiger partial charge is 2.00 e. The summed E-state index contributed by atoms with van der Waals surface area (Å²) in [5.41, 5.74) is 0.220. The van der Waals surface area contributed by atoms with E-state index in [0.717, 1.165) is 25.6 Å². The molecule has 2 saturated carbocycles. The maximum absolute atomic E-state index is 5.46. The summed E-state index contributed by atoms with van der Waals surface area (Å²) in [6.07, 6.45) is 7.56. The van der Waals surface area contributed by atoms with Crippen molar-refractivity contribution in [3.63, 3.8) is 0 Å². The van der Waals surface area contributed by atoms with Crippen molar-refractivity contribution in [2.75, 3.05) is 27.4 Å². The molecule has 17 heavy (non-hydrogen) atoms. The molecule has 0 N–H and O–H groups in total. The molecular formula is C14H24O2Zr. The average Bonchev–Trinajstić information content (AvgIpc) is 2.55. The van der Waals surface area contributed by atoms with Gasteiger partial charge in [0.05, 0.1) is 13.2 Å². The van der Waals surface area contributed by atoms with E-state index < -0.39 is 0 Å². The van der Waals surface area contributed by atoms with Crippen molar-refractivity contribution < 1.29 is 35.7 Å². The predicted molar refractivity (Wildman–Crippen MR) is 64.8 cm³/mol. The fourth-order valence-corrected chi connectivity index (χ4v) is 4.00. The average molecular weight is 316 g/mol. The molecule has 0 spiro atoms. The van der Waals surface area contributed by atoms with Gasteiger partial charge in [-0.25, -0.2) is 0 Å². The van der Waals surface area contributed by atoms with Gasteiger partial charge in [0.25, 0.3) is 0 Å². The van der Waals surface area contributed by atoms with E-state index in [4.69, 9.17) is 9.47 Å². The summed E-state index contributed by atoms with van der Waals surface area (Å²) < 4.78 is 10.9. The minimum Gasteiger partial charge on any atom is -0.384 e. The molecule has 2 rings (SSSR count). The third kappa shape index (κ3) is 3.04. The van der Waals surface area contributed by atoms with E-state index in [1.54, 1.807) is 14.2 Å². The first-order valence-electron chi connectivity index (χ1n) is 6.38. The zero-order valence-corrected chi connectivity index (χ0v) is 13.5. The molecule has 0 saturated heterocycles. The zero-order chi connectivity index (χ0) is 11.6. The molecule has 0 radical (unpaired) electrons. The van der Waals surface area contributed by atoms with Gasteiger partial charge in [0.15, 0.2) is 0 Å². The number of ether oxygens (including phenoxy) is 2. The first kappa shape index (κ1) is 15.9. The maximum Gasteiger partial charge on any atom is 2.00 e. The fourth-order valence-electron chi connectivity index (χ4n) is 4.00. The number of methoxy groups -OCH3 is 2. The van der Waals surface area contributed by atoms with E-state index in [0.29, 0.717) is 11.8 Å². The minimum absolute atomic E-state index is 0. The fraction of sp³-hybridized carbons (Fsp3) is 0.857. The first-order chi connectivity index (χ1) is 7.73. The summed E-state index contributed by atoms with van der Waals surface area (Å²) in [7, 11) is 3.60.